The molecule has 2 heterocycles. The predicted molar refractivity (Wildman–Crippen MR) is 114 cm³/mol. The van der Waals surface area contributed by atoms with Gasteiger partial charge in [-0.3, -0.25) is 14.5 Å². The first-order chi connectivity index (χ1) is 15.0. The molecule has 1 aromatic heterocycles. The van der Waals surface area contributed by atoms with E-state index in [0.29, 0.717) is 29.6 Å². The third-order valence-corrected chi connectivity index (χ3v) is 5.70. The quantitative estimate of drug-likeness (QED) is 0.681. The van der Waals surface area contributed by atoms with Gasteiger partial charge in [0.15, 0.2) is 0 Å². The number of halogens is 2. The van der Waals surface area contributed by atoms with Crippen LogP contribution in [-0.2, 0) is 6.42 Å². The van der Waals surface area contributed by atoms with E-state index in [2.05, 4.69) is 22.0 Å². The molecule has 1 aliphatic rings. The Morgan fingerprint density at radius 3 is 2.48 bits per heavy atom. The molecule has 1 aliphatic heterocycles. The van der Waals surface area contributed by atoms with Gasteiger partial charge in [-0.15, -0.1) is 0 Å². The molecule has 0 atom stereocenters. The number of aromatic nitrogens is 2. The van der Waals surface area contributed by atoms with Gasteiger partial charge in [0, 0.05) is 44.1 Å². The van der Waals surface area contributed by atoms with Crippen molar-refractivity contribution >= 4 is 16.7 Å². The van der Waals surface area contributed by atoms with Gasteiger partial charge in [0.2, 0.25) is 0 Å². The lowest BCUT2D eigenvalue weighted by Crippen LogP contribution is -2.49. The van der Waals surface area contributed by atoms with Gasteiger partial charge in [0.1, 0.15) is 11.6 Å². The van der Waals surface area contributed by atoms with Crippen molar-refractivity contribution in [3.63, 3.8) is 0 Å². The van der Waals surface area contributed by atoms with Crippen LogP contribution in [0.4, 0.5) is 8.78 Å². The summed E-state index contributed by atoms with van der Waals surface area (Å²) >= 11 is 0. The van der Waals surface area contributed by atoms with E-state index in [-0.39, 0.29) is 23.1 Å². The first-order valence-electron chi connectivity index (χ1n) is 10.4. The first kappa shape index (κ1) is 21.1. The van der Waals surface area contributed by atoms with Crippen LogP contribution >= 0.6 is 0 Å². The average molecular weight is 426 g/mol. The molecule has 6 nitrogen and oxygen atoms in total. The molecule has 1 amide bonds. The Morgan fingerprint density at radius 2 is 1.77 bits per heavy atom. The van der Waals surface area contributed by atoms with Crippen LogP contribution in [0.1, 0.15) is 35.0 Å². The van der Waals surface area contributed by atoms with E-state index in [0.717, 1.165) is 32.1 Å². The minimum Gasteiger partial charge on any atom is -0.336 e. The number of H-pyrrole nitrogens is 1. The second-order valence-electron chi connectivity index (χ2n) is 7.78. The molecule has 0 spiro atoms. The van der Waals surface area contributed by atoms with Gasteiger partial charge in [-0.1, -0.05) is 25.1 Å². The molecule has 3 aromatic rings. The summed E-state index contributed by atoms with van der Waals surface area (Å²) in [7, 11) is 0. The maximum Gasteiger partial charge on any atom is 0.272 e. The number of fused-ring (bicyclic) bond motifs is 1. The van der Waals surface area contributed by atoms with Crippen LogP contribution in [0.5, 0.6) is 0 Å². The van der Waals surface area contributed by atoms with Gasteiger partial charge in [0.25, 0.3) is 11.5 Å². The number of nitrogens with one attached hydrogen (secondary N) is 1. The molecule has 2 aromatic carbocycles. The van der Waals surface area contributed by atoms with Crippen molar-refractivity contribution in [1.82, 2.24) is 20.0 Å². The van der Waals surface area contributed by atoms with Crippen molar-refractivity contribution in [2.24, 2.45) is 0 Å². The molecule has 1 N–H and O–H groups in total. The predicted octanol–water partition coefficient (Wildman–Crippen LogP) is 2.96. The molecule has 0 radical (unpaired) electrons. The van der Waals surface area contributed by atoms with Crippen molar-refractivity contribution in [3.8, 4) is 0 Å². The average Bonchev–Trinajstić information content (AvgIpc) is 2.78. The summed E-state index contributed by atoms with van der Waals surface area (Å²) in [5, 5.41) is 7.51. The Bertz CT molecular complexity index is 1170. The first-order valence-corrected chi connectivity index (χ1v) is 10.4. The molecule has 1 saturated heterocycles. The van der Waals surface area contributed by atoms with Crippen LogP contribution in [0, 0.1) is 11.6 Å². The number of carbonyl (C=O) groups is 1. The SMILES string of the molecule is CCCN1CCN(C(=O)c2cc(Cc3n[nH]c(=O)c4ccccc34)c(F)cc2F)CC1. The fourth-order valence-electron chi connectivity index (χ4n) is 4.04. The summed E-state index contributed by atoms with van der Waals surface area (Å²) in [6.45, 7) is 5.57. The number of rotatable bonds is 5. The van der Waals surface area contributed by atoms with E-state index in [1.807, 2.05) is 0 Å². The molecular weight excluding hydrogens is 402 g/mol. The lowest BCUT2D eigenvalue weighted by molar-refractivity contribution is 0.0632. The highest BCUT2D eigenvalue weighted by Gasteiger charge is 2.25. The fourth-order valence-corrected chi connectivity index (χ4v) is 4.04. The zero-order valence-corrected chi connectivity index (χ0v) is 17.3. The smallest absolute Gasteiger partial charge is 0.272 e. The summed E-state index contributed by atoms with van der Waals surface area (Å²) in [5.74, 6) is -2.06. The van der Waals surface area contributed by atoms with Crippen molar-refractivity contribution < 1.29 is 13.6 Å². The largest absolute Gasteiger partial charge is 0.336 e. The Balaban J connectivity index is 1.61. The van der Waals surface area contributed by atoms with Crippen molar-refractivity contribution in [1.29, 1.82) is 0 Å². The lowest BCUT2D eigenvalue weighted by Gasteiger charge is -2.34. The van der Waals surface area contributed by atoms with E-state index in [4.69, 9.17) is 0 Å². The Morgan fingerprint density at radius 1 is 1.06 bits per heavy atom. The molecule has 4 rings (SSSR count). The number of hydrogen-bond donors (Lipinski definition) is 1. The standard InChI is InChI=1S/C23H24F2N4O2/c1-2-7-28-8-10-29(11-9-28)23(31)18-12-15(19(24)14-20(18)25)13-21-16-5-3-4-6-17(16)22(30)27-26-21/h3-6,12,14H,2,7-11,13H2,1H3,(H,27,30). The van der Waals surface area contributed by atoms with Crippen LogP contribution in [0.3, 0.4) is 0 Å². The van der Waals surface area contributed by atoms with Crippen molar-refractivity contribution in [3.05, 3.63) is 75.2 Å². The zero-order chi connectivity index (χ0) is 22.0. The summed E-state index contributed by atoms with van der Waals surface area (Å²) in [6.07, 6.45) is 1.06. The summed E-state index contributed by atoms with van der Waals surface area (Å²) < 4.78 is 29.1. The second kappa shape index (κ2) is 8.93. The van der Waals surface area contributed by atoms with Gasteiger partial charge in [-0.25, -0.2) is 13.9 Å². The molecule has 0 aliphatic carbocycles. The molecular formula is C23H24F2N4O2. The number of hydrogen-bond acceptors (Lipinski definition) is 4. The summed E-state index contributed by atoms with van der Waals surface area (Å²) in [5.41, 5.74) is 0.123. The Hall–Kier alpha value is -3.13. The van der Waals surface area contributed by atoms with Crippen LogP contribution < -0.4 is 5.56 Å². The van der Waals surface area contributed by atoms with Gasteiger partial charge in [0.05, 0.1) is 16.6 Å². The van der Waals surface area contributed by atoms with Crippen LogP contribution in [0.15, 0.2) is 41.2 Å². The highest BCUT2D eigenvalue weighted by molar-refractivity contribution is 5.95. The van der Waals surface area contributed by atoms with E-state index in [1.54, 1.807) is 29.2 Å². The zero-order valence-electron chi connectivity index (χ0n) is 17.3. The Kier molecular flexibility index (Phi) is 6.08. The lowest BCUT2D eigenvalue weighted by atomic mass is 10.0. The molecule has 0 bridgehead atoms. The number of aromatic amines is 1. The molecule has 162 valence electrons. The van der Waals surface area contributed by atoms with Gasteiger partial charge >= 0.3 is 0 Å². The minimum atomic E-state index is -0.874. The normalized spacial score (nSPS) is 14.9. The topological polar surface area (TPSA) is 69.3 Å². The van der Waals surface area contributed by atoms with Crippen LogP contribution in [-0.4, -0.2) is 58.6 Å². The number of carbonyl (C=O) groups excluding carboxylic acids is 1. The van der Waals surface area contributed by atoms with Crippen LogP contribution in [0.25, 0.3) is 10.8 Å². The molecule has 0 saturated carbocycles. The van der Waals surface area contributed by atoms with Crippen molar-refractivity contribution in [2.75, 3.05) is 32.7 Å². The van der Waals surface area contributed by atoms with E-state index >= 15 is 0 Å². The summed E-state index contributed by atoms with van der Waals surface area (Å²) in [4.78, 5) is 28.8. The number of benzene rings is 2. The number of piperazine rings is 1. The van der Waals surface area contributed by atoms with E-state index in [1.165, 1.54) is 6.07 Å². The molecule has 8 heteroatoms. The fraction of sp³-hybridized carbons (Fsp3) is 0.348. The third-order valence-electron chi connectivity index (χ3n) is 5.70. The van der Waals surface area contributed by atoms with Crippen LogP contribution in [0.2, 0.25) is 0 Å². The monoisotopic (exact) mass is 426 g/mol. The Labute approximate surface area is 178 Å². The molecule has 0 unspecified atom stereocenters. The summed E-state index contributed by atoms with van der Waals surface area (Å²) in [6, 6.07) is 8.92. The van der Waals surface area contributed by atoms with Gasteiger partial charge < -0.3 is 4.90 Å². The van der Waals surface area contributed by atoms with E-state index in [9.17, 15) is 18.4 Å². The van der Waals surface area contributed by atoms with Gasteiger partial charge in [-0.2, -0.15) is 5.10 Å². The highest BCUT2D eigenvalue weighted by Crippen LogP contribution is 2.22. The molecule has 31 heavy (non-hydrogen) atoms. The van der Waals surface area contributed by atoms with Gasteiger partial charge in [-0.05, 0) is 30.7 Å². The van der Waals surface area contributed by atoms with Crippen molar-refractivity contribution in [2.45, 2.75) is 19.8 Å². The maximum absolute atomic E-state index is 14.6. The minimum absolute atomic E-state index is 0.0218. The second-order valence-corrected chi connectivity index (χ2v) is 7.78. The maximum atomic E-state index is 14.6. The number of nitrogens with zero attached hydrogens (tertiary/aromatic N) is 3. The molecule has 1 fully saturated rings. The third kappa shape index (κ3) is 4.34. The highest BCUT2D eigenvalue weighted by atomic mass is 19.1. The van der Waals surface area contributed by atoms with E-state index < -0.39 is 17.5 Å². The number of amides is 1.